The molecule has 0 bridgehead atoms. The maximum Gasteiger partial charge on any atom is 0.187 e. The van der Waals surface area contributed by atoms with Gasteiger partial charge in [0.1, 0.15) is 85.5 Å². The summed E-state index contributed by atoms with van der Waals surface area (Å²) in [5, 5.41) is 135. The van der Waals surface area contributed by atoms with Crippen LogP contribution >= 0.6 is 0 Å². The zero-order valence-electron chi connectivity index (χ0n) is 25.9. The lowest BCUT2D eigenvalue weighted by Gasteiger charge is -2.51. The molecular formula is C28H50O19. The van der Waals surface area contributed by atoms with Crippen molar-refractivity contribution in [1.82, 2.24) is 0 Å². The summed E-state index contributed by atoms with van der Waals surface area (Å²) in [5.41, 5.74) is 0. The van der Waals surface area contributed by atoms with E-state index < -0.39 is 155 Å². The Morgan fingerprint density at radius 2 is 1.00 bits per heavy atom. The van der Waals surface area contributed by atoms with Crippen molar-refractivity contribution in [3.8, 4) is 0 Å². The third-order valence-corrected chi connectivity index (χ3v) is 9.45. The second kappa shape index (κ2) is 16.5. The fourth-order valence-electron chi connectivity index (χ4n) is 6.55. The molecule has 1 saturated carbocycles. The van der Waals surface area contributed by atoms with Gasteiger partial charge in [-0.3, -0.25) is 0 Å². The average molecular weight is 691 g/mol. The Morgan fingerprint density at radius 1 is 0.489 bits per heavy atom. The minimum absolute atomic E-state index is 0.164. The molecule has 19 heteroatoms. The van der Waals surface area contributed by atoms with Crippen molar-refractivity contribution >= 4 is 0 Å². The molecule has 3 saturated heterocycles. The molecule has 4 aliphatic rings. The number of ether oxygens (including phenoxy) is 6. The first-order valence-electron chi connectivity index (χ1n) is 15.7. The summed E-state index contributed by atoms with van der Waals surface area (Å²) >= 11 is 0. The Bertz CT molecular complexity index is 959. The van der Waals surface area contributed by atoms with Gasteiger partial charge in [-0.1, -0.05) is 13.8 Å². The van der Waals surface area contributed by atoms with Crippen LogP contribution in [0.4, 0.5) is 0 Å². The van der Waals surface area contributed by atoms with Crippen LogP contribution in [0.5, 0.6) is 0 Å². The van der Waals surface area contributed by atoms with E-state index in [-0.39, 0.29) is 6.42 Å². The Morgan fingerprint density at radius 3 is 1.55 bits per heavy atom. The zero-order valence-corrected chi connectivity index (χ0v) is 25.9. The van der Waals surface area contributed by atoms with Crippen molar-refractivity contribution in [3.05, 3.63) is 0 Å². The Hall–Kier alpha value is -0.760. The van der Waals surface area contributed by atoms with E-state index in [9.17, 15) is 66.4 Å². The molecule has 276 valence electrons. The van der Waals surface area contributed by atoms with Crippen molar-refractivity contribution in [2.75, 3.05) is 26.4 Å². The normalized spacial score (nSPS) is 51.3. The summed E-state index contributed by atoms with van der Waals surface area (Å²) < 4.78 is 35.2. The lowest BCUT2D eigenvalue weighted by molar-refractivity contribution is -0.386. The van der Waals surface area contributed by atoms with Gasteiger partial charge in [-0.05, 0) is 12.3 Å². The van der Waals surface area contributed by atoms with Crippen LogP contribution in [-0.2, 0) is 28.4 Å². The van der Waals surface area contributed by atoms with Crippen molar-refractivity contribution < 1.29 is 94.8 Å². The van der Waals surface area contributed by atoms with Crippen LogP contribution in [0.1, 0.15) is 20.3 Å². The van der Waals surface area contributed by atoms with E-state index in [0.29, 0.717) is 0 Å². The smallest absolute Gasteiger partial charge is 0.187 e. The van der Waals surface area contributed by atoms with E-state index >= 15 is 0 Å². The Balaban J connectivity index is 1.67. The first kappa shape index (κ1) is 39.0. The number of hydrogen-bond acceptors (Lipinski definition) is 19. The van der Waals surface area contributed by atoms with Crippen LogP contribution in [0.25, 0.3) is 0 Å². The quantitative estimate of drug-likeness (QED) is 0.0957. The van der Waals surface area contributed by atoms with Crippen molar-refractivity contribution in [3.63, 3.8) is 0 Å². The first-order valence-corrected chi connectivity index (χ1v) is 15.7. The third kappa shape index (κ3) is 7.94. The largest absolute Gasteiger partial charge is 0.396 e. The highest BCUT2D eigenvalue weighted by Gasteiger charge is 2.56. The number of rotatable bonds is 11. The van der Waals surface area contributed by atoms with Gasteiger partial charge in [0.25, 0.3) is 0 Å². The van der Waals surface area contributed by atoms with Gasteiger partial charge in [0, 0.05) is 12.5 Å². The molecule has 4 rings (SSSR count). The van der Waals surface area contributed by atoms with E-state index in [1.54, 1.807) is 13.8 Å². The minimum atomic E-state index is -1.92. The topological polar surface area (TPSA) is 318 Å². The molecule has 4 fully saturated rings. The summed E-state index contributed by atoms with van der Waals surface area (Å²) in [5.74, 6) is -1.34. The van der Waals surface area contributed by atoms with Crippen LogP contribution in [0.2, 0.25) is 0 Å². The molecule has 0 unspecified atom stereocenters. The average Bonchev–Trinajstić information content (AvgIpc) is 3.05. The molecule has 0 spiro atoms. The fourth-order valence-corrected chi connectivity index (χ4v) is 6.55. The highest BCUT2D eigenvalue weighted by Crippen LogP contribution is 2.37. The number of aliphatic hydroxyl groups excluding tert-OH is 13. The van der Waals surface area contributed by atoms with Gasteiger partial charge in [-0.2, -0.15) is 0 Å². The predicted octanol–water partition coefficient (Wildman–Crippen LogP) is -7.38. The van der Waals surface area contributed by atoms with Crippen LogP contribution in [-0.4, -0.2) is 209 Å². The second-order valence-electron chi connectivity index (χ2n) is 13.0. The maximum atomic E-state index is 11.3. The van der Waals surface area contributed by atoms with Gasteiger partial charge in [0.05, 0.1) is 38.1 Å². The molecule has 0 aromatic heterocycles. The van der Waals surface area contributed by atoms with Gasteiger partial charge >= 0.3 is 0 Å². The highest BCUT2D eigenvalue weighted by atomic mass is 16.8. The van der Waals surface area contributed by atoms with Crippen LogP contribution in [0, 0.1) is 11.8 Å². The maximum absolute atomic E-state index is 11.3. The van der Waals surface area contributed by atoms with E-state index in [1.807, 2.05) is 0 Å². The van der Waals surface area contributed by atoms with Crippen LogP contribution in [0.15, 0.2) is 0 Å². The van der Waals surface area contributed by atoms with Gasteiger partial charge < -0.3 is 94.8 Å². The summed E-state index contributed by atoms with van der Waals surface area (Å²) in [4.78, 5) is 0. The number of hydrogen-bond donors (Lipinski definition) is 13. The first-order chi connectivity index (χ1) is 22.2. The molecule has 0 aromatic carbocycles. The van der Waals surface area contributed by atoms with E-state index in [0.717, 1.165) is 0 Å². The second-order valence-corrected chi connectivity index (χ2v) is 13.0. The third-order valence-electron chi connectivity index (χ3n) is 9.45. The molecule has 1 aliphatic carbocycles. The van der Waals surface area contributed by atoms with E-state index in [2.05, 4.69) is 0 Å². The van der Waals surface area contributed by atoms with E-state index in [4.69, 9.17) is 28.4 Å². The van der Waals surface area contributed by atoms with Gasteiger partial charge in [-0.15, -0.1) is 0 Å². The molecule has 47 heavy (non-hydrogen) atoms. The summed E-state index contributed by atoms with van der Waals surface area (Å²) in [7, 11) is 0. The molecule has 20 atom stereocenters. The Labute approximate surface area is 270 Å². The number of aliphatic hydroxyl groups is 13. The lowest BCUT2D eigenvalue weighted by atomic mass is 9.80. The van der Waals surface area contributed by atoms with Crippen molar-refractivity contribution in [2.45, 2.75) is 137 Å². The van der Waals surface area contributed by atoms with Crippen LogP contribution in [0.3, 0.4) is 0 Å². The standard InChI is InChI=1S/C28H50O19/c1-8(2)23-26(24(18(37)13(7-32)43-23)42-10-3-9(4-29)14(33)19(38)15(10)34)47-28-25(21(40)17(36)12(6-31)45-28)46-27-22(41)20(39)16(35)11(5-30)44-27/h8-41H,3-7H2,1-2H3/t9-,10-,11-,12-,13-,14-,15+,16-,17-,18-,19+,20+,21+,22-,23+,24+,25-,26+,27+,28+/m1/s1. The molecule has 3 aliphatic heterocycles. The molecule has 0 radical (unpaired) electrons. The molecule has 0 aromatic rings. The molecule has 13 N–H and O–H groups in total. The SMILES string of the molecule is CC(C)[C@@H]1O[C@H](CO)[C@@H](O)[C@H](O[C@@H]2C[C@H](CO)[C@@H](O)[C@H](O)[C@H]2O)[C@H]1O[C@@H]1O[C@H](CO)[C@@H](O)[C@H](O)[C@H]1O[C@@H]1O[C@H](CO)[C@@H](O)[C@H](O)[C@H]1O. The zero-order chi connectivity index (χ0) is 34.9. The molecule has 0 amide bonds. The summed E-state index contributed by atoms with van der Waals surface area (Å²) in [6.07, 6.45) is -30.5. The lowest BCUT2D eigenvalue weighted by Crippen LogP contribution is -2.68. The highest BCUT2D eigenvalue weighted by molar-refractivity contribution is 5.01. The molecular weight excluding hydrogens is 640 g/mol. The molecule has 3 heterocycles. The van der Waals surface area contributed by atoms with Gasteiger partial charge in [-0.25, -0.2) is 0 Å². The van der Waals surface area contributed by atoms with Gasteiger partial charge in [0.2, 0.25) is 0 Å². The minimum Gasteiger partial charge on any atom is -0.396 e. The van der Waals surface area contributed by atoms with Crippen molar-refractivity contribution in [1.29, 1.82) is 0 Å². The fraction of sp³-hybridized carbons (Fsp3) is 1.00. The molecule has 19 nitrogen and oxygen atoms in total. The van der Waals surface area contributed by atoms with E-state index in [1.165, 1.54) is 0 Å². The summed E-state index contributed by atoms with van der Waals surface area (Å²) in [6.45, 7) is 0.570. The predicted molar refractivity (Wildman–Crippen MR) is 150 cm³/mol. The van der Waals surface area contributed by atoms with Crippen LogP contribution < -0.4 is 0 Å². The Kier molecular flexibility index (Phi) is 13.7. The van der Waals surface area contributed by atoms with Gasteiger partial charge in [0.15, 0.2) is 12.6 Å². The monoisotopic (exact) mass is 690 g/mol. The summed E-state index contributed by atoms with van der Waals surface area (Å²) in [6, 6.07) is 0. The van der Waals surface area contributed by atoms with Crippen molar-refractivity contribution in [2.24, 2.45) is 11.8 Å².